The number of carbonyl (C=O) groups excluding carboxylic acids is 3. The summed E-state index contributed by atoms with van der Waals surface area (Å²) >= 11 is 0. The zero-order valence-electron chi connectivity index (χ0n) is 16.4. The topological polar surface area (TPSA) is 90.5 Å². The minimum absolute atomic E-state index is 0.0672. The third kappa shape index (κ3) is 6.42. The fourth-order valence-corrected chi connectivity index (χ4v) is 2.58. The van der Waals surface area contributed by atoms with Crippen LogP contribution in [0.5, 0.6) is 0 Å². The number of hydrogen-bond donors (Lipinski definition) is 3. The largest absolute Gasteiger partial charge is 0.376 e. The van der Waals surface area contributed by atoms with Crippen LogP contribution in [0.25, 0.3) is 0 Å². The summed E-state index contributed by atoms with van der Waals surface area (Å²) in [7, 11) is 5.03. The van der Waals surface area contributed by atoms with Crippen molar-refractivity contribution in [3.8, 4) is 0 Å². The van der Waals surface area contributed by atoms with Gasteiger partial charge >= 0.3 is 0 Å². The van der Waals surface area contributed by atoms with Crippen LogP contribution < -0.4 is 16.0 Å². The number of rotatable bonds is 8. The van der Waals surface area contributed by atoms with Crippen molar-refractivity contribution in [2.75, 3.05) is 38.3 Å². The molecule has 0 atom stereocenters. The molecule has 0 bridgehead atoms. The molecule has 0 fully saturated rings. The fraction of sp³-hybridized carbons (Fsp3) is 0.286. The second-order valence-corrected chi connectivity index (χ2v) is 6.55. The number of carbonyl (C=O) groups is 3. The summed E-state index contributed by atoms with van der Waals surface area (Å²) < 4.78 is 0. The first-order valence-corrected chi connectivity index (χ1v) is 9.04. The van der Waals surface area contributed by atoms with Gasteiger partial charge in [-0.25, -0.2) is 0 Å². The fourth-order valence-electron chi connectivity index (χ4n) is 2.58. The van der Waals surface area contributed by atoms with Crippen LogP contribution in [-0.2, 0) is 16.0 Å². The number of nitrogens with zero attached hydrogens (tertiary/aromatic N) is 1. The average molecular weight is 382 g/mol. The Hall–Kier alpha value is -3.35. The summed E-state index contributed by atoms with van der Waals surface area (Å²) in [6.07, 6.45) is 1.04. The molecule has 0 aliphatic carbocycles. The highest BCUT2D eigenvalue weighted by Crippen LogP contribution is 2.14. The van der Waals surface area contributed by atoms with E-state index in [4.69, 9.17) is 0 Å². The highest BCUT2D eigenvalue weighted by Gasteiger charge is 2.07. The molecule has 0 heterocycles. The maximum atomic E-state index is 12.2. The normalized spacial score (nSPS) is 10.1. The summed E-state index contributed by atoms with van der Waals surface area (Å²) in [4.78, 5) is 37.2. The van der Waals surface area contributed by atoms with E-state index in [2.05, 4.69) is 16.0 Å². The first-order chi connectivity index (χ1) is 13.4. The van der Waals surface area contributed by atoms with Gasteiger partial charge in [-0.15, -0.1) is 0 Å². The van der Waals surface area contributed by atoms with Crippen LogP contribution in [0.15, 0.2) is 48.5 Å². The maximum absolute atomic E-state index is 12.2. The van der Waals surface area contributed by atoms with Crippen molar-refractivity contribution >= 4 is 29.1 Å². The Morgan fingerprint density at radius 2 is 1.68 bits per heavy atom. The molecule has 0 aliphatic heterocycles. The van der Waals surface area contributed by atoms with Crippen molar-refractivity contribution in [3.63, 3.8) is 0 Å². The van der Waals surface area contributed by atoms with Gasteiger partial charge in [0.15, 0.2) is 0 Å². The SMILES string of the molecule is CNC(=O)c1cccc(NCC(=O)Nc2cccc(CCC(=O)N(C)C)c2)c1. The van der Waals surface area contributed by atoms with Gasteiger partial charge in [-0.3, -0.25) is 14.4 Å². The molecule has 28 heavy (non-hydrogen) atoms. The molecule has 7 nitrogen and oxygen atoms in total. The van der Waals surface area contributed by atoms with E-state index >= 15 is 0 Å². The average Bonchev–Trinajstić information content (AvgIpc) is 2.70. The Bertz CT molecular complexity index is 849. The van der Waals surface area contributed by atoms with E-state index in [1.165, 1.54) is 0 Å². The molecule has 2 aromatic carbocycles. The molecule has 3 N–H and O–H groups in total. The summed E-state index contributed by atoms with van der Waals surface area (Å²) in [5.74, 6) is -0.317. The number of anilines is 2. The molecule has 0 aromatic heterocycles. The lowest BCUT2D eigenvalue weighted by Gasteiger charge is -2.11. The summed E-state index contributed by atoms with van der Waals surface area (Å²) in [6, 6.07) is 14.4. The molecule has 2 rings (SSSR count). The van der Waals surface area contributed by atoms with Crippen molar-refractivity contribution in [1.82, 2.24) is 10.2 Å². The van der Waals surface area contributed by atoms with Gasteiger partial charge in [-0.1, -0.05) is 18.2 Å². The Labute approximate surface area is 165 Å². The van der Waals surface area contributed by atoms with E-state index in [0.29, 0.717) is 29.8 Å². The first kappa shape index (κ1) is 21.0. The molecule has 0 unspecified atom stereocenters. The monoisotopic (exact) mass is 382 g/mol. The summed E-state index contributed by atoms with van der Waals surface area (Å²) in [5, 5.41) is 8.41. The smallest absolute Gasteiger partial charge is 0.251 e. The number of amides is 3. The number of aryl methyl sites for hydroxylation is 1. The molecule has 0 radical (unpaired) electrons. The van der Waals surface area contributed by atoms with Crippen LogP contribution in [0.1, 0.15) is 22.3 Å². The molecule has 2 aromatic rings. The molecular weight excluding hydrogens is 356 g/mol. The molecule has 0 spiro atoms. The van der Waals surface area contributed by atoms with Gasteiger partial charge in [0, 0.05) is 44.5 Å². The van der Waals surface area contributed by atoms with Crippen molar-refractivity contribution in [2.24, 2.45) is 0 Å². The first-order valence-electron chi connectivity index (χ1n) is 9.04. The Morgan fingerprint density at radius 3 is 2.39 bits per heavy atom. The van der Waals surface area contributed by atoms with Crippen LogP contribution in [0.4, 0.5) is 11.4 Å². The zero-order chi connectivity index (χ0) is 20.5. The van der Waals surface area contributed by atoms with Gasteiger partial charge in [-0.2, -0.15) is 0 Å². The minimum atomic E-state index is -0.202. The van der Waals surface area contributed by atoms with Crippen molar-refractivity contribution in [3.05, 3.63) is 59.7 Å². The Morgan fingerprint density at radius 1 is 0.964 bits per heavy atom. The van der Waals surface area contributed by atoms with Crippen LogP contribution in [0, 0.1) is 0 Å². The van der Waals surface area contributed by atoms with E-state index in [1.807, 2.05) is 18.2 Å². The van der Waals surface area contributed by atoms with Gasteiger partial charge < -0.3 is 20.9 Å². The second kappa shape index (κ2) is 10.1. The molecule has 148 valence electrons. The van der Waals surface area contributed by atoms with Gasteiger partial charge in [0.05, 0.1) is 6.54 Å². The van der Waals surface area contributed by atoms with Gasteiger partial charge in [0.25, 0.3) is 5.91 Å². The number of nitrogens with one attached hydrogen (secondary N) is 3. The van der Waals surface area contributed by atoms with E-state index in [1.54, 1.807) is 56.4 Å². The third-order valence-electron chi connectivity index (χ3n) is 4.14. The number of benzene rings is 2. The van der Waals surface area contributed by atoms with Crippen LogP contribution in [0.3, 0.4) is 0 Å². The van der Waals surface area contributed by atoms with E-state index in [9.17, 15) is 14.4 Å². The third-order valence-corrected chi connectivity index (χ3v) is 4.14. The minimum Gasteiger partial charge on any atom is -0.376 e. The molecular formula is C21H26N4O3. The Balaban J connectivity index is 1.88. The standard InChI is InChI=1S/C21H26N4O3/c1-22-21(28)16-7-5-8-17(13-16)23-14-19(26)24-18-9-4-6-15(12-18)10-11-20(27)25(2)3/h4-9,12-13,23H,10-11,14H2,1-3H3,(H,22,28)(H,24,26). The van der Waals surface area contributed by atoms with E-state index < -0.39 is 0 Å². The lowest BCUT2D eigenvalue weighted by Crippen LogP contribution is -2.22. The van der Waals surface area contributed by atoms with Crippen molar-refractivity contribution in [1.29, 1.82) is 0 Å². The van der Waals surface area contributed by atoms with Crippen LogP contribution in [0.2, 0.25) is 0 Å². The van der Waals surface area contributed by atoms with Gasteiger partial charge in [0.1, 0.15) is 0 Å². The molecule has 0 saturated carbocycles. The molecule has 0 saturated heterocycles. The quantitative estimate of drug-likeness (QED) is 0.652. The maximum Gasteiger partial charge on any atom is 0.251 e. The van der Waals surface area contributed by atoms with Crippen LogP contribution >= 0.6 is 0 Å². The van der Waals surface area contributed by atoms with Crippen molar-refractivity contribution < 1.29 is 14.4 Å². The second-order valence-electron chi connectivity index (χ2n) is 6.55. The Kier molecular flexibility index (Phi) is 7.56. The van der Waals surface area contributed by atoms with Crippen molar-refractivity contribution in [2.45, 2.75) is 12.8 Å². The van der Waals surface area contributed by atoms with Gasteiger partial charge in [0.2, 0.25) is 11.8 Å². The van der Waals surface area contributed by atoms with E-state index in [0.717, 1.165) is 5.56 Å². The molecule has 3 amide bonds. The lowest BCUT2D eigenvalue weighted by molar-refractivity contribution is -0.128. The predicted octanol–water partition coefficient (Wildman–Crippen LogP) is 2.12. The summed E-state index contributed by atoms with van der Waals surface area (Å²) in [5.41, 5.74) is 2.88. The summed E-state index contributed by atoms with van der Waals surface area (Å²) in [6.45, 7) is 0.0700. The zero-order valence-corrected chi connectivity index (χ0v) is 16.4. The van der Waals surface area contributed by atoms with E-state index in [-0.39, 0.29) is 24.3 Å². The predicted molar refractivity (Wildman–Crippen MR) is 110 cm³/mol. The highest BCUT2D eigenvalue weighted by molar-refractivity contribution is 5.96. The lowest BCUT2D eigenvalue weighted by atomic mass is 10.1. The number of hydrogen-bond acceptors (Lipinski definition) is 4. The molecule has 0 aliphatic rings. The molecule has 7 heteroatoms. The van der Waals surface area contributed by atoms with Crippen LogP contribution in [-0.4, -0.2) is 50.3 Å². The van der Waals surface area contributed by atoms with Gasteiger partial charge in [-0.05, 0) is 42.3 Å². The highest BCUT2D eigenvalue weighted by atomic mass is 16.2.